The predicted octanol–water partition coefficient (Wildman–Crippen LogP) is 3.82. The van der Waals surface area contributed by atoms with Crippen LogP contribution in [0.25, 0.3) is 0 Å². The summed E-state index contributed by atoms with van der Waals surface area (Å²) in [7, 11) is 0. The van der Waals surface area contributed by atoms with Gasteiger partial charge in [-0.05, 0) is 48.6 Å². The van der Waals surface area contributed by atoms with Crippen LogP contribution in [0.15, 0.2) is 48.5 Å². The van der Waals surface area contributed by atoms with E-state index in [0.29, 0.717) is 0 Å². The lowest BCUT2D eigenvalue weighted by Gasteiger charge is -2.28. The van der Waals surface area contributed by atoms with E-state index in [1.807, 2.05) is 6.07 Å². The lowest BCUT2D eigenvalue weighted by molar-refractivity contribution is 0.248. The first kappa shape index (κ1) is 13.3. The molecule has 0 saturated heterocycles. The molecule has 0 radical (unpaired) electrons. The first-order chi connectivity index (χ1) is 9.83. The molecule has 2 aromatic carbocycles. The third kappa shape index (κ3) is 3.07. The monoisotopic (exact) mass is 269 g/mol. The Kier molecular flexibility index (Phi) is 4.12. The number of rotatable bonds is 4. The van der Waals surface area contributed by atoms with Crippen LogP contribution in [-0.4, -0.2) is 18.0 Å². The van der Waals surface area contributed by atoms with Gasteiger partial charge in [0.25, 0.3) is 0 Å². The Balaban J connectivity index is 1.53. The third-order valence-corrected chi connectivity index (χ3v) is 4.07. The summed E-state index contributed by atoms with van der Waals surface area (Å²) in [6, 6.07) is 16.1. The normalized spacial score (nSPS) is 15.1. The van der Waals surface area contributed by atoms with Gasteiger partial charge in [-0.25, -0.2) is 4.39 Å². The first-order valence-corrected chi connectivity index (χ1v) is 7.35. The maximum atomic E-state index is 13.7. The van der Waals surface area contributed by atoms with Gasteiger partial charge >= 0.3 is 0 Å². The molecule has 0 N–H and O–H groups in total. The highest BCUT2D eigenvalue weighted by molar-refractivity contribution is 5.30. The number of nitrogens with zero attached hydrogens (tertiary/aromatic N) is 1. The molecule has 104 valence electrons. The van der Waals surface area contributed by atoms with Gasteiger partial charge in [0.1, 0.15) is 5.82 Å². The van der Waals surface area contributed by atoms with Crippen LogP contribution in [0.1, 0.15) is 23.1 Å². The van der Waals surface area contributed by atoms with E-state index >= 15 is 0 Å². The molecule has 0 atom stereocenters. The van der Waals surface area contributed by atoms with Crippen molar-refractivity contribution in [2.75, 3.05) is 13.1 Å². The van der Waals surface area contributed by atoms with E-state index in [9.17, 15) is 4.39 Å². The molecule has 0 spiro atoms. The SMILES string of the molecule is Fc1cccc2c1CCN(CCCc1ccccc1)C2. The Morgan fingerprint density at radius 1 is 1.00 bits per heavy atom. The van der Waals surface area contributed by atoms with Gasteiger partial charge in [-0.1, -0.05) is 42.5 Å². The van der Waals surface area contributed by atoms with E-state index in [4.69, 9.17) is 0 Å². The van der Waals surface area contributed by atoms with Crippen LogP contribution in [0.2, 0.25) is 0 Å². The lowest BCUT2D eigenvalue weighted by atomic mass is 9.99. The lowest BCUT2D eigenvalue weighted by Crippen LogP contribution is -2.32. The van der Waals surface area contributed by atoms with Crippen molar-refractivity contribution in [2.45, 2.75) is 25.8 Å². The van der Waals surface area contributed by atoms with Gasteiger partial charge in [-0.15, -0.1) is 0 Å². The minimum Gasteiger partial charge on any atom is -0.299 e. The zero-order chi connectivity index (χ0) is 13.8. The summed E-state index contributed by atoms with van der Waals surface area (Å²) in [4.78, 5) is 2.44. The van der Waals surface area contributed by atoms with Crippen LogP contribution in [0.4, 0.5) is 4.39 Å². The molecule has 0 saturated carbocycles. The number of benzene rings is 2. The molecule has 1 heterocycles. The van der Waals surface area contributed by atoms with E-state index in [1.54, 1.807) is 6.07 Å². The summed E-state index contributed by atoms with van der Waals surface area (Å²) >= 11 is 0. The average Bonchev–Trinajstić information content (AvgIpc) is 2.48. The molecule has 0 fully saturated rings. The molecule has 1 aliphatic rings. The fraction of sp³-hybridized carbons (Fsp3) is 0.333. The molecule has 0 aromatic heterocycles. The molecule has 0 bridgehead atoms. The minimum absolute atomic E-state index is 0.0357. The zero-order valence-corrected chi connectivity index (χ0v) is 11.7. The molecule has 1 aliphatic heterocycles. The summed E-state index contributed by atoms with van der Waals surface area (Å²) in [6.07, 6.45) is 3.12. The van der Waals surface area contributed by atoms with Crippen molar-refractivity contribution in [3.05, 3.63) is 71.0 Å². The van der Waals surface area contributed by atoms with Crippen LogP contribution in [0.5, 0.6) is 0 Å². The Labute approximate surface area is 120 Å². The number of aryl methyl sites for hydroxylation is 1. The summed E-state index contributed by atoms with van der Waals surface area (Å²) < 4.78 is 13.7. The van der Waals surface area contributed by atoms with E-state index in [0.717, 1.165) is 50.0 Å². The Bertz CT molecular complexity index is 565. The second kappa shape index (κ2) is 6.19. The fourth-order valence-corrected chi connectivity index (χ4v) is 2.96. The Morgan fingerprint density at radius 2 is 1.85 bits per heavy atom. The van der Waals surface area contributed by atoms with Crippen LogP contribution in [-0.2, 0) is 19.4 Å². The highest BCUT2D eigenvalue weighted by Gasteiger charge is 2.18. The van der Waals surface area contributed by atoms with Gasteiger partial charge in [-0.3, -0.25) is 4.90 Å². The maximum absolute atomic E-state index is 13.7. The summed E-state index contributed by atoms with van der Waals surface area (Å²) in [5, 5.41) is 0. The Hall–Kier alpha value is -1.67. The molecule has 0 unspecified atom stereocenters. The maximum Gasteiger partial charge on any atom is 0.126 e. The van der Waals surface area contributed by atoms with Crippen molar-refractivity contribution in [1.29, 1.82) is 0 Å². The molecule has 0 aliphatic carbocycles. The van der Waals surface area contributed by atoms with Gasteiger partial charge in [0.15, 0.2) is 0 Å². The van der Waals surface area contributed by atoms with Gasteiger partial charge < -0.3 is 0 Å². The summed E-state index contributed by atoms with van der Waals surface area (Å²) in [5.41, 5.74) is 3.48. The van der Waals surface area contributed by atoms with Gasteiger partial charge in [0.2, 0.25) is 0 Å². The third-order valence-electron chi connectivity index (χ3n) is 4.07. The molecule has 2 heteroatoms. The molecule has 20 heavy (non-hydrogen) atoms. The molecule has 0 amide bonds. The van der Waals surface area contributed by atoms with E-state index in [-0.39, 0.29) is 5.82 Å². The van der Waals surface area contributed by atoms with Crippen LogP contribution < -0.4 is 0 Å². The molecule has 2 aromatic rings. The fourth-order valence-electron chi connectivity index (χ4n) is 2.96. The molecule has 1 nitrogen and oxygen atoms in total. The smallest absolute Gasteiger partial charge is 0.126 e. The van der Waals surface area contributed by atoms with Crippen molar-refractivity contribution in [1.82, 2.24) is 4.90 Å². The topological polar surface area (TPSA) is 3.24 Å². The summed E-state index contributed by atoms with van der Waals surface area (Å²) in [6.45, 7) is 2.95. The van der Waals surface area contributed by atoms with Crippen molar-refractivity contribution < 1.29 is 4.39 Å². The number of hydrogen-bond acceptors (Lipinski definition) is 1. The standard InChI is InChI=1S/C18H20FN/c19-18-10-4-9-16-14-20(13-11-17(16)18)12-5-8-15-6-2-1-3-7-15/h1-4,6-7,9-10H,5,8,11-14H2. The number of hydrogen-bond donors (Lipinski definition) is 0. The van der Waals surface area contributed by atoms with Crippen LogP contribution in [0, 0.1) is 5.82 Å². The highest BCUT2D eigenvalue weighted by Crippen LogP contribution is 2.21. The van der Waals surface area contributed by atoms with E-state index < -0.39 is 0 Å². The van der Waals surface area contributed by atoms with Crippen molar-refractivity contribution in [3.63, 3.8) is 0 Å². The Morgan fingerprint density at radius 3 is 2.70 bits per heavy atom. The van der Waals surface area contributed by atoms with Crippen LogP contribution in [0.3, 0.4) is 0 Å². The van der Waals surface area contributed by atoms with Crippen LogP contribution >= 0.6 is 0 Å². The average molecular weight is 269 g/mol. The van der Waals surface area contributed by atoms with E-state index in [1.165, 1.54) is 5.56 Å². The van der Waals surface area contributed by atoms with Gasteiger partial charge in [0.05, 0.1) is 0 Å². The van der Waals surface area contributed by atoms with Gasteiger partial charge in [0, 0.05) is 13.1 Å². The second-order valence-electron chi connectivity index (χ2n) is 5.49. The van der Waals surface area contributed by atoms with Crippen molar-refractivity contribution >= 4 is 0 Å². The first-order valence-electron chi connectivity index (χ1n) is 7.35. The quantitative estimate of drug-likeness (QED) is 0.815. The predicted molar refractivity (Wildman–Crippen MR) is 80.1 cm³/mol. The molecular weight excluding hydrogens is 249 g/mol. The number of halogens is 1. The largest absolute Gasteiger partial charge is 0.299 e. The van der Waals surface area contributed by atoms with Gasteiger partial charge in [-0.2, -0.15) is 0 Å². The minimum atomic E-state index is -0.0357. The second-order valence-corrected chi connectivity index (χ2v) is 5.49. The highest BCUT2D eigenvalue weighted by atomic mass is 19.1. The molecular formula is C18H20FN. The van der Waals surface area contributed by atoms with E-state index in [2.05, 4.69) is 41.3 Å². The van der Waals surface area contributed by atoms with Crippen molar-refractivity contribution in [2.24, 2.45) is 0 Å². The number of fused-ring (bicyclic) bond motifs is 1. The molecule has 3 rings (SSSR count). The van der Waals surface area contributed by atoms with Crippen molar-refractivity contribution in [3.8, 4) is 0 Å². The zero-order valence-electron chi connectivity index (χ0n) is 11.7. The summed E-state index contributed by atoms with van der Waals surface area (Å²) in [5.74, 6) is -0.0357.